The summed E-state index contributed by atoms with van der Waals surface area (Å²) in [4.78, 5) is 0. The molecule has 0 fully saturated rings. The molecular weight excluding hydrogens is 218 g/mol. The van der Waals surface area contributed by atoms with Crippen molar-refractivity contribution in [2.45, 2.75) is 46.1 Å². The van der Waals surface area contributed by atoms with Gasteiger partial charge in [0.15, 0.2) is 0 Å². The Kier molecular flexibility index (Phi) is 3.27. The number of halogens is 1. The van der Waals surface area contributed by atoms with Gasteiger partial charge in [-0.05, 0) is 67.3 Å². The number of nitrogens with two attached hydrogens (primary N) is 1. The fourth-order valence-corrected chi connectivity index (χ4v) is 3.13. The van der Waals surface area contributed by atoms with Crippen LogP contribution in [0.5, 0.6) is 0 Å². The van der Waals surface area contributed by atoms with E-state index in [1.165, 1.54) is 28.7 Å². The summed E-state index contributed by atoms with van der Waals surface area (Å²) in [5.41, 5.74) is 11.5. The fourth-order valence-electron chi connectivity index (χ4n) is 2.77. The van der Waals surface area contributed by atoms with E-state index in [9.17, 15) is 0 Å². The van der Waals surface area contributed by atoms with E-state index in [2.05, 4.69) is 26.8 Å². The van der Waals surface area contributed by atoms with Crippen LogP contribution in [0.1, 0.15) is 48.1 Å². The maximum atomic E-state index is 6.35. The van der Waals surface area contributed by atoms with Crippen LogP contribution in [0.3, 0.4) is 0 Å². The molecule has 1 aliphatic rings. The van der Waals surface area contributed by atoms with E-state index in [0.29, 0.717) is 5.92 Å². The number of hydrogen-bond acceptors (Lipinski definition) is 1. The molecule has 2 heteroatoms. The quantitative estimate of drug-likeness (QED) is 0.680. The Labute approximate surface area is 103 Å². The summed E-state index contributed by atoms with van der Waals surface area (Å²) in [5, 5.41) is 0.905. The van der Waals surface area contributed by atoms with Crippen molar-refractivity contribution in [1.82, 2.24) is 0 Å². The van der Waals surface area contributed by atoms with Gasteiger partial charge in [0.25, 0.3) is 0 Å². The second-order valence-corrected chi connectivity index (χ2v) is 5.59. The van der Waals surface area contributed by atoms with Crippen LogP contribution in [0.2, 0.25) is 5.02 Å². The molecule has 1 aromatic rings. The van der Waals surface area contributed by atoms with Gasteiger partial charge in [0, 0.05) is 11.1 Å². The van der Waals surface area contributed by atoms with Gasteiger partial charge >= 0.3 is 0 Å². The first-order chi connectivity index (χ1) is 7.50. The number of fused-ring (bicyclic) bond motifs is 1. The summed E-state index contributed by atoms with van der Waals surface area (Å²) < 4.78 is 0. The molecule has 1 nitrogen and oxygen atoms in total. The lowest BCUT2D eigenvalue weighted by Gasteiger charge is -2.19. The van der Waals surface area contributed by atoms with Crippen LogP contribution in [-0.4, -0.2) is 0 Å². The first kappa shape index (κ1) is 11.9. The van der Waals surface area contributed by atoms with Gasteiger partial charge in [0.05, 0.1) is 0 Å². The first-order valence-electron chi connectivity index (χ1n) is 6.04. The Morgan fingerprint density at radius 2 is 2.06 bits per heavy atom. The normalized spacial score (nSPS) is 25.1. The predicted octanol–water partition coefficient (Wildman–Crippen LogP) is 3.93. The lowest BCUT2D eigenvalue weighted by atomic mass is 9.91. The molecule has 16 heavy (non-hydrogen) atoms. The molecule has 0 radical (unpaired) electrons. The van der Waals surface area contributed by atoms with Crippen LogP contribution in [0, 0.1) is 19.8 Å². The van der Waals surface area contributed by atoms with Gasteiger partial charge in [-0.2, -0.15) is 0 Å². The molecule has 0 saturated carbocycles. The molecule has 2 unspecified atom stereocenters. The van der Waals surface area contributed by atoms with E-state index < -0.39 is 0 Å². The molecular formula is C14H20ClN. The van der Waals surface area contributed by atoms with Crippen LogP contribution in [0.25, 0.3) is 0 Å². The zero-order valence-electron chi connectivity index (χ0n) is 10.3. The van der Waals surface area contributed by atoms with Gasteiger partial charge in [0.1, 0.15) is 0 Å². The van der Waals surface area contributed by atoms with Crippen molar-refractivity contribution in [3.8, 4) is 0 Å². The zero-order valence-corrected chi connectivity index (χ0v) is 11.1. The predicted molar refractivity (Wildman–Crippen MR) is 70.0 cm³/mol. The van der Waals surface area contributed by atoms with Crippen LogP contribution in [0.15, 0.2) is 6.07 Å². The van der Waals surface area contributed by atoms with Crippen LogP contribution >= 0.6 is 11.6 Å². The highest BCUT2D eigenvalue weighted by Gasteiger charge is 2.23. The van der Waals surface area contributed by atoms with Crippen LogP contribution in [0.4, 0.5) is 0 Å². The van der Waals surface area contributed by atoms with E-state index in [0.717, 1.165) is 17.9 Å². The SMILES string of the molecule is Cc1cc(Cl)c2c(c1C)C(N)CC(C)CC2. The Morgan fingerprint density at radius 3 is 2.75 bits per heavy atom. The summed E-state index contributed by atoms with van der Waals surface area (Å²) in [5.74, 6) is 0.693. The van der Waals surface area contributed by atoms with Crippen molar-refractivity contribution in [3.63, 3.8) is 0 Å². The number of aryl methyl sites for hydroxylation is 1. The zero-order chi connectivity index (χ0) is 11.9. The van der Waals surface area contributed by atoms with Gasteiger partial charge in [0.2, 0.25) is 0 Å². The molecule has 2 atom stereocenters. The highest BCUT2D eigenvalue weighted by Crippen LogP contribution is 2.37. The third-order valence-corrected chi connectivity index (χ3v) is 4.20. The van der Waals surface area contributed by atoms with Gasteiger partial charge < -0.3 is 5.73 Å². The van der Waals surface area contributed by atoms with E-state index in [1.807, 2.05) is 0 Å². The fraction of sp³-hybridized carbons (Fsp3) is 0.571. The lowest BCUT2D eigenvalue weighted by molar-refractivity contribution is 0.463. The summed E-state index contributed by atoms with van der Waals surface area (Å²) in [6.45, 7) is 6.56. The van der Waals surface area contributed by atoms with Crippen molar-refractivity contribution in [1.29, 1.82) is 0 Å². The average molecular weight is 238 g/mol. The van der Waals surface area contributed by atoms with Crippen molar-refractivity contribution in [2.75, 3.05) is 0 Å². The number of benzene rings is 1. The molecule has 1 aliphatic carbocycles. The first-order valence-corrected chi connectivity index (χ1v) is 6.42. The minimum Gasteiger partial charge on any atom is -0.324 e. The van der Waals surface area contributed by atoms with Crippen molar-refractivity contribution >= 4 is 11.6 Å². The van der Waals surface area contributed by atoms with Gasteiger partial charge in [-0.15, -0.1) is 0 Å². The second-order valence-electron chi connectivity index (χ2n) is 5.18. The molecule has 0 bridgehead atoms. The van der Waals surface area contributed by atoms with Gasteiger partial charge in [-0.3, -0.25) is 0 Å². The molecule has 0 aliphatic heterocycles. The minimum atomic E-state index is 0.157. The summed E-state index contributed by atoms with van der Waals surface area (Å²) in [7, 11) is 0. The monoisotopic (exact) mass is 237 g/mol. The molecule has 0 heterocycles. The third kappa shape index (κ3) is 1.99. The van der Waals surface area contributed by atoms with E-state index in [4.69, 9.17) is 17.3 Å². The molecule has 1 aromatic carbocycles. The van der Waals surface area contributed by atoms with Crippen LogP contribution < -0.4 is 5.73 Å². The van der Waals surface area contributed by atoms with Gasteiger partial charge in [-0.25, -0.2) is 0 Å². The molecule has 0 saturated heterocycles. The molecule has 88 valence electrons. The van der Waals surface area contributed by atoms with Gasteiger partial charge in [-0.1, -0.05) is 18.5 Å². The lowest BCUT2D eigenvalue weighted by Crippen LogP contribution is -2.15. The third-order valence-electron chi connectivity index (χ3n) is 3.87. The minimum absolute atomic E-state index is 0.157. The smallest absolute Gasteiger partial charge is 0.0444 e. The Morgan fingerprint density at radius 1 is 1.38 bits per heavy atom. The molecule has 0 aromatic heterocycles. The van der Waals surface area contributed by atoms with Crippen LogP contribution in [-0.2, 0) is 6.42 Å². The maximum Gasteiger partial charge on any atom is 0.0444 e. The number of hydrogen-bond donors (Lipinski definition) is 1. The Balaban J connectivity index is 2.59. The van der Waals surface area contributed by atoms with E-state index in [-0.39, 0.29) is 6.04 Å². The average Bonchev–Trinajstić information content (AvgIpc) is 2.34. The highest BCUT2D eigenvalue weighted by atomic mass is 35.5. The summed E-state index contributed by atoms with van der Waals surface area (Å²) >= 11 is 6.35. The summed E-state index contributed by atoms with van der Waals surface area (Å²) in [6, 6.07) is 2.24. The van der Waals surface area contributed by atoms with Crippen molar-refractivity contribution in [3.05, 3.63) is 33.3 Å². The molecule has 0 spiro atoms. The molecule has 2 rings (SSSR count). The Bertz CT molecular complexity index is 412. The van der Waals surface area contributed by atoms with Crippen molar-refractivity contribution < 1.29 is 0 Å². The standard InChI is InChI=1S/C14H20ClN/c1-8-4-5-11-12(15)7-9(2)10(3)14(11)13(16)6-8/h7-8,13H,4-6,16H2,1-3H3. The largest absolute Gasteiger partial charge is 0.324 e. The van der Waals surface area contributed by atoms with E-state index >= 15 is 0 Å². The maximum absolute atomic E-state index is 6.35. The highest BCUT2D eigenvalue weighted by molar-refractivity contribution is 6.31. The topological polar surface area (TPSA) is 26.0 Å². The molecule has 0 amide bonds. The summed E-state index contributed by atoms with van der Waals surface area (Å²) in [6.07, 6.45) is 3.35. The van der Waals surface area contributed by atoms with E-state index in [1.54, 1.807) is 0 Å². The number of rotatable bonds is 0. The van der Waals surface area contributed by atoms with Crippen molar-refractivity contribution in [2.24, 2.45) is 11.7 Å². The molecule has 2 N–H and O–H groups in total. The second kappa shape index (κ2) is 4.38. The Hall–Kier alpha value is -0.530.